The molecule has 1 saturated heterocycles. The molecule has 5 nitrogen and oxygen atoms in total. The summed E-state index contributed by atoms with van der Waals surface area (Å²) in [5, 5.41) is 2.93. The summed E-state index contributed by atoms with van der Waals surface area (Å²) in [6, 6.07) is 15.5. The highest BCUT2D eigenvalue weighted by atomic mass is 32.2. The first-order valence-electron chi connectivity index (χ1n) is 11.1. The van der Waals surface area contributed by atoms with Crippen molar-refractivity contribution < 1.29 is 14.3 Å². The van der Waals surface area contributed by atoms with Gasteiger partial charge < -0.3 is 10.1 Å². The van der Waals surface area contributed by atoms with Crippen molar-refractivity contribution in [2.75, 3.05) is 22.6 Å². The third-order valence-electron chi connectivity index (χ3n) is 5.50. The van der Waals surface area contributed by atoms with Crippen LogP contribution in [0, 0.1) is 5.92 Å². The topological polar surface area (TPSA) is 58.6 Å². The molecule has 0 saturated carbocycles. The Morgan fingerprint density at radius 3 is 2.74 bits per heavy atom. The second kappa shape index (κ2) is 11.2. The molecule has 3 rings (SSSR count). The van der Waals surface area contributed by atoms with Gasteiger partial charge in [0.2, 0.25) is 11.8 Å². The molecule has 6 heteroatoms. The normalized spacial score (nSPS) is 16.9. The SMILES string of the molecule is CCCC[C@H](CC)C(=O)Nc1cccc([C@H]2SCC(=O)N2c2ccccc2OCC)c1. The number of hydrogen-bond donors (Lipinski definition) is 1. The number of ether oxygens (including phenoxy) is 1. The predicted molar refractivity (Wildman–Crippen MR) is 129 cm³/mol. The van der Waals surface area contributed by atoms with Gasteiger partial charge in [-0.05, 0) is 49.6 Å². The molecular formula is C25H32N2O3S. The number of nitrogens with zero attached hydrogens (tertiary/aromatic N) is 1. The summed E-state index contributed by atoms with van der Waals surface area (Å²) in [6.45, 7) is 6.68. The quantitative estimate of drug-likeness (QED) is 0.491. The number of para-hydroxylation sites is 2. The van der Waals surface area contributed by atoms with Crippen LogP contribution in [-0.4, -0.2) is 24.2 Å². The van der Waals surface area contributed by atoms with Crippen LogP contribution in [0.1, 0.15) is 57.4 Å². The number of nitrogens with one attached hydrogen (secondary N) is 1. The Hall–Kier alpha value is -2.47. The van der Waals surface area contributed by atoms with Crippen LogP contribution in [0.5, 0.6) is 5.75 Å². The Morgan fingerprint density at radius 1 is 1.19 bits per heavy atom. The van der Waals surface area contributed by atoms with Crippen molar-refractivity contribution in [3.63, 3.8) is 0 Å². The lowest BCUT2D eigenvalue weighted by molar-refractivity contribution is -0.120. The Balaban J connectivity index is 1.83. The van der Waals surface area contributed by atoms with Gasteiger partial charge in [0.05, 0.1) is 18.0 Å². The van der Waals surface area contributed by atoms with E-state index in [0.29, 0.717) is 18.1 Å². The maximum absolute atomic E-state index is 12.8. The lowest BCUT2D eigenvalue weighted by Gasteiger charge is -2.26. The highest BCUT2D eigenvalue weighted by Gasteiger charge is 2.35. The van der Waals surface area contributed by atoms with E-state index in [-0.39, 0.29) is 23.1 Å². The van der Waals surface area contributed by atoms with Gasteiger partial charge >= 0.3 is 0 Å². The first-order chi connectivity index (χ1) is 15.1. The number of hydrogen-bond acceptors (Lipinski definition) is 4. The molecule has 1 aliphatic rings. The number of thioether (sulfide) groups is 1. The van der Waals surface area contributed by atoms with Crippen molar-refractivity contribution in [2.24, 2.45) is 5.92 Å². The minimum Gasteiger partial charge on any atom is -0.492 e. The van der Waals surface area contributed by atoms with Gasteiger partial charge in [-0.3, -0.25) is 14.5 Å². The van der Waals surface area contributed by atoms with Gasteiger partial charge in [0.1, 0.15) is 11.1 Å². The van der Waals surface area contributed by atoms with Crippen LogP contribution in [-0.2, 0) is 9.59 Å². The van der Waals surface area contributed by atoms with Gasteiger partial charge in [-0.2, -0.15) is 0 Å². The number of carbonyl (C=O) groups excluding carboxylic acids is 2. The number of anilines is 2. The summed E-state index contributed by atoms with van der Waals surface area (Å²) in [5.74, 6) is 1.28. The van der Waals surface area contributed by atoms with E-state index in [1.165, 1.54) is 0 Å². The molecule has 1 N–H and O–H groups in total. The van der Waals surface area contributed by atoms with Gasteiger partial charge in [-0.15, -0.1) is 11.8 Å². The minimum absolute atomic E-state index is 0.0283. The van der Waals surface area contributed by atoms with Crippen LogP contribution in [0.3, 0.4) is 0 Å². The van der Waals surface area contributed by atoms with Crippen molar-refractivity contribution in [3.05, 3.63) is 54.1 Å². The number of amides is 2. The second-order valence-electron chi connectivity index (χ2n) is 7.69. The van der Waals surface area contributed by atoms with E-state index in [4.69, 9.17) is 4.74 Å². The Morgan fingerprint density at radius 2 is 2.00 bits per heavy atom. The first kappa shape index (κ1) is 23.2. The average Bonchev–Trinajstić information content (AvgIpc) is 3.16. The van der Waals surface area contributed by atoms with E-state index in [2.05, 4.69) is 19.2 Å². The summed E-state index contributed by atoms with van der Waals surface area (Å²) in [5.41, 5.74) is 2.54. The molecule has 1 fully saturated rings. The Kier molecular flexibility index (Phi) is 8.41. The molecule has 0 bridgehead atoms. The van der Waals surface area contributed by atoms with Crippen LogP contribution in [0.25, 0.3) is 0 Å². The maximum atomic E-state index is 12.8. The molecule has 0 spiro atoms. The zero-order valence-corrected chi connectivity index (χ0v) is 19.4. The largest absolute Gasteiger partial charge is 0.492 e. The summed E-state index contributed by atoms with van der Waals surface area (Å²) < 4.78 is 5.77. The molecule has 166 valence electrons. The van der Waals surface area contributed by atoms with E-state index < -0.39 is 0 Å². The number of unbranched alkanes of at least 4 members (excludes halogenated alkanes) is 1. The van der Waals surface area contributed by atoms with E-state index in [1.54, 1.807) is 11.8 Å². The van der Waals surface area contributed by atoms with Crippen LogP contribution < -0.4 is 15.0 Å². The molecule has 0 aromatic heterocycles. The van der Waals surface area contributed by atoms with Gasteiger partial charge in [0, 0.05) is 11.6 Å². The van der Waals surface area contributed by atoms with E-state index >= 15 is 0 Å². The van der Waals surface area contributed by atoms with Gasteiger partial charge in [0.15, 0.2) is 0 Å². The summed E-state index contributed by atoms with van der Waals surface area (Å²) in [6.07, 6.45) is 3.89. The Bertz CT molecular complexity index is 902. The zero-order valence-electron chi connectivity index (χ0n) is 18.6. The fourth-order valence-electron chi connectivity index (χ4n) is 3.85. The van der Waals surface area contributed by atoms with Crippen LogP contribution in [0.4, 0.5) is 11.4 Å². The number of rotatable bonds is 10. The lowest BCUT2D eigenvalue weighted by atomic mass is 9.98. The zero-order chi connectivity index (χ0) is 22.2. The summed E-state index contributed by atoms with van der Waals surface area (Å²) >= 11 is 1.59. The standard InChI is InChI=1S/C25H32N2O3S/c1-4-7-11-18(5-2)24(29)26-20-13-10-12-19(16-20)25-27(23(28)17-31-25)21-14-8-9-15-22(21)30-6-3/h8-10,12-16,18,25H,4-7,11,17H2,1-3H3,(H,26,29)/t18-,25+/m0/s1. The summed E-state index contributed by atoms with van der Waals surface area (Å²) in [4.78, 5) is 27.3. The smallest absolute Gasteiger partial charge is 0.238 e. The molecule has 31 heavy (non-hydrogen) atoms. The summed E-state index contributed by atoms with van der Waals surface area (Å²) in [7, 11) is 0. The molecule has 1 heterocycles. The highest BCUT2D eigenvalue weighted by molar-refractivity contribution is 8.00. The second-order valence-corrected chi connectivity index (χ2v) is 8.76. The average molecular weight is 441 g/mol. The number of carbonyl (C=O) groups is 2. The maximum Gasteiger partial charge on any atom is 0.238 e. The van der Waals surface area contributed by atoms with Crippen molar-refractivity contribution in [2.45, 2.75) is 51.8 Å². The third-order valence-corrected chi connectivity index (χ3v) is 6.71. The van der Waals surface area contributed by atoms with Crippen molar-refractivity contribution in [3.8, 4) is 5.75 Å². The molecular weight excluding hydrogens is 408 g/mol. The Labute approximate surface area is 189 Å². The fourth-order valence-corrected chi connectivity index (χ4v) is 5.01. The molecule has 1 aliphatic heterocycles. The monoisotopic (exact) mass is 440 g/mol. The van der Waals surface area contributed by atoms with E-state index in [0.717, 1.165) is 42.6 Å². The van der Waals surface area contributed by atoms with Crippen LogP contribution >= 0.6 is 11.8 Å². The van der Waals surface area contributed by atoms with Crippen molar-refractivity contribution in [1.29, 1.82) is 0 Å². The molecule has 2 aromatic carbocycles. The highest BCUT2D eigenvalue weighted by Crippen LogP contribution is 2.45. The molecule has 0 radical (unpaired) electrons. The molecule has 2 amide bonds. The molecule has 0 unspecified atom stereocenters. The fraction of sp³-hybridized carbons (Fsp3) is 0.440. The van der Waals surface area contributed by atoms with Crippen LogP contribution in [0.2, 0.25) is 0 Å². The number of benzene rings is 2. The van der Waals surface area contributed by atoms with Gasteiger partial charge in [-0.25, -0.2) is 0 Å². The van der Waals surface area contributed by atoms with Gasteiger partial charge in [-0.1, -0.05) is 51.0 Å². The lowest BCUT2D eigenvalue weighted by Crippen LogP contribution is -2.28. The van der Waals surface area contributed by atoms with Crippen molar-refractivity contribution >= 4 is 35.0 Å². The van der Waals surface area contributed by atoms with Crippen molar-refractivity contribution in [1.82, 2.24) is 0 Å². The van der Waals surface area contributed by atoms with Gasteiger partial charge in [0.25, 0.3) is 0 Å². The van der Waals surface area contributed by atoms with E-state index in [1.807, 2.05) is 60.4 Å². The first-order valence-corrected chi connectivity index (χ1v) is 12.2. The minimum atomic E-state index is -0.159. The third kappa shape index (κ3) is 5.62. The molecule has 2 aromatic rings. The van der Waals surface area contributed by atoms with Crippen LogP contribution in [0.15, 0.2) is 48.5 Å². The molecule has 0 aliphatic carbocycles. The predicted octanol–water partition coefficient (Wildman–Crippen LogP) is 6.02. The molecule has 2 atom stereocenters. The van der Waals surface area contributed by atoms with E-state index in [9.17, 15) is 9.59 Å².